The molecule has 0 saturated carbocycles. The van der Waals surface area contributed by atoms with Crippen molar-refractivity contribution in [2.24, 2.45) is 0 Å². The average molecular weight is 300 g/mol. The van der Waals surface area contributed by atoms with Gasteiger partial charge in [0.1, 0.15) is 10.7 Å². The van der Waals surface area contributed by atoms with Gasteiger partial charge in [0.15, 0.2) is 0 Å². The molecular weight excluding hydrogens is 280 g/mol. The molecule has 1 unspecified atom stereocenters. The third-order valence-electron chi connectivity index (χ3n) is 2.87. The van der Waals surface area contributed by atoms with Gasteiger partial charge in [-0.15, -0.1) is 0 Å². The van der Waals surface area contributed by atoms with E-state index in [1.165, 1.54) is 25.3 Å². The Labute approximate surface area is 119 Å². The molecule has 1 heterocycles. The number of nitrogens with two attached hydrogens (primary N) is 1. The molecule has 0 aliphatic rings. The van der Waals surface area contributed by atoms with Crippen molar-refractivity contribution in [1.29, 1.82) is 0 Å². The van der Waals surface area contributed by atoms with Gasteiger partial charge in [0, 0.05) is 19.3 Å². The van der Waals surface area contributed by atoms with Crippen molar-refractivity contribution in [3.8, 4) is 0 Å². The van der Waals surface area contributed by atoms with E-state index in [1.807, 2.05) is 13.8 Å². The predicted octanol–water partition coefficient (Wildman–Crippen LogP) is 0.199. The second kappa shape index (κ2) is 6.67. The molecule has 8 heteroatoms. The highest BCUT2D eigenvalue weighted by molar-refractivity contribution is 7.89. The molecule has 1 aromatic rings. The van der Waals surface area contributed by atoms with Crippen LogP contribution in [0.4, 0.5) is 5.82 Å². The zero-order valence-corrected chi connectivity index (χ0v) is 12.6. The summed E-state index contributed by atoms with van der Waals surface area (Å²) in [5.74, 6) is -0.372. The number of hydrogen-bond donors (Lipinski definition) is 2. The molecule has 1 atom stereocenters. The highest BCUT2D eigenvalue weighted by atomic mass is 32.2. The summed E-state index contributed by atoms with van der Waals surface area (Å²) >= 11 is 0. The van der Waals surface area contributed by atoms with E-state index in [-0.39, 0.29) is 16.6 Å². The van der Waals surface area contributed by atoms with Crippen molar-refractivity contribution in [3.63, 3.8) is 0 Å². The first-order valence-electron chi connectivity index (χ1n) is 6.35. The monoisotopic (exact) mass is 300 g/mol. The third-order valence-corrected chi connectivity index (χ3v) is 4.45. The lowest BCUT2D eigenvalue weighted by Gasteiger charge is -2.23. The Morgan fingerprint density at radius 1 is 1.45 bits per heavy atom. The number of nitrogens with one attached hydrogen (secondary N) is 1. The van der Waals surface area contributed by atoms with Gasteiger partial charge in [-0.1, -0.05) is 0 Å². The summed E-state index contributed by atoms with van der Waals surface area (Å²) in [7, 11) is -3.87. The Morgan fingerprint density at radius 2 is 2.05 bits per heavy atom. The van der Waals surface area contributed by atoms with Gasteiger partial charge < -0.3 is 10.6 Å². The standard InChI is InChI=1S/C12H20N4O3S/c1-4-16(5-2)12(17)9(3)15-20(18,19)10-7-6-8-14-11(10)13/h6-9,15H,4-5H2,1-3H3,(H2,13,14). The number of likely N-dealkylation sites (N-methyl/N-ethyl adjacent to an activating group) is 1. The molecule has 112 valence electrons. The molecule has 20 heavy (non-hydrogen) atoms. The molecule has 1 amide bonds. The van der Waals surface area contributed by atoms with Crippen LogP contribution in [0.3, 0.4) is 0 Å². The van der Waals surface area contributed by atoms with E-state index >= 15 is 0 Å². The van der Waals surface area contributed by atoms with Crippen LogP contribution in [-0.4, -0.2) is 43.3 Å². The van der Waals surface area contributed by atoms with Crippen molar-refractivity contribution in [2.75, 3.05) is 18.8 Å². The first-order valence-corrected chi connectivity index (χ1v) is 7.83. The molecule has 0 aliphatic carbocycles. The van der Waals surface area contributed by atoms with E-state index in [2.05, 4.69) is 9.71 Å². The fourth-order valence-corrected chi connectivity index (χ4v) is 3.06. The van der Waals surface area contributed by atoms with E-state index in [9.17, 15) is 13.2 Å². The largest absolute Gasteiger partial charge is 0.383 e. The lowest BCUT2D eigenvalue weighted by molar-refractivity contribution is -0.132. The van der Waals surface area contributed by atoms with Crippen LogP contribution in [0.25, 0.3) is 0 Å². The number of nitrogen functional groups attached to an aromatic ring is 1. The number of pyridine rings is 1. The van der Waals surface area contributed by atoms with Crippen LogP contribution in [0.2, 0.25) is 0 Å². The topological polar surface area (TPSA) is 105 Å². The number of hydrogen-bond acceptors (Lipinski definition) is 5. The third kappa shape index (κ3) is 3.67. The molecule has 7 nitrogen and oxygen atoms in total. The molecule has 1 rings (SSSR count). The molecule has 0 bridgehead atoms. The second-order valence-corrected chi connectivity index (χ2v) is 5.92. The van der Waals surface area contributed by atoms with Crippen LogP contribution in [0, 0.1) is 0 Å². The Bertz CT molecular complexity index is 570. The number of rotatable bonds is 6. The van der Waals surface area contributed by atoms with Gasteiger partial charge in [-0.05, 0) is 32.9 Å². The summed E-state index contributed by atoms with van der Waals surface area (Å²) in [6.45, 7) is 6.22. The van der Waals surface area contributed by atoms with Crippen molar-refractivity contribution >= 4 is 21.7 Å². The highest BCUT2D eigenvalue weighted by Gasteiger charge is 2.26. The van der Waals surface area contributed by atoms with Gasteiger partial charge in [-0.3, -0.25) is 4.79 Å². The van der Waals surface area contributed by atoms with Gasteiger partial charge in [-0.2, -0.15) is 4.72 Å². The number of sulfonamides is 1. The normalized spacial score (nSPS) is 12.9. The van der Waals surface area contributed by atoms with Gasteiger partial charge in [0.25, 0.3) is 0 Å². The quantitative estimate of drug-likeness (QED) is 0.780. The van der Waals surface area contributed by atoms with Crippen LogP contribution in [0.5, 0.6) is 0 Å². The second-order valence-electron chi connectivity index (χ2n) is 4.24. The van der Waals surface area contributed by atoms with Crippen LogP contribution in [0.1, 0.15) is 20.8 Å². The van der Waals surface area contributed by atoms with Crippen molar-refractivity contribution in [3.05, 3.63) is 18.3 Å². The van der Waals surface area contributed by atoms with Gasteiger partial charge >= 0.3 is 0 Å². The first kappa shape index (κ1) is 16.4. The summed E-state index contributed by atoms with van der Waals surface area (Å²) in [6.07, 6.45) is 1.40. The van der Waals surface area contributed by atoms with Gasteiger partial charge in [0.05, 0.1) is 6.04 Å². The fraction of sp³-hybridized carbons (Fsp3) is 0.500. The Morgan fingerprint density at radius 3 is 2.55 bits per heavy atom. The van der Waals surface area contributed by atoms with E-state index in [0.717, 1.165) is 0 Å². The number of nitrogens with zero attached hydrogens (tertiary/aromatic N) is 2. The summed E-state index contributed by atoms with van der Waals surface area (Å²) in [5.41, 5.74) is 5.55. The Kier molecular flexibility index (Phi) is 5.46. The SMILES string of the molecule is CCN(CC)C(=O)C(C)NS(=O)(=O)c1cccnc1N. The highest BCUT2D eigenvalue weighted by Crippen LogP contribution is 2.14. The Balaban J connectivity index is 2.92. The van der Waals surface area contributed by atoms with Crippen LogP contribution in [0.15, 0.2) is 23.2 Å². The minimum atomic E-state index is -3.87. The van der Waals surface area contributed by atoms with Crippen molar-refractivity contribution < 1.29 is 13.2 Å². The predicted molar refractivity (Wildman–Crippen MR) is 76.4 cm³/mol. The maximum Gasteiger partial charge on any atom is 0.244 e. The van der Waals surface area contributed by atoms with Crippen LogP contribution >= 0.6 is 0 Å². The summed E-state index contributed by atoms with van der Waals surface area (Å²) in [5, 5.41) is 0. The molecule has 1 aromatic heterocycles. The number of carbonyl (C=O) groups is 1. The fourth-order valence-electron chi connectivity index (χ4n) is 1.79. The lowest BCUT2D eigenvalue weighted by Crippen LogP contribution is -2.46. The average Bonchev–Trinajstić information content (AvgIpc) is 2.39. The molecule has 0 spiro atoms. The molecule has 0 radical (unpaired) electrons. The maximum absolute atomic E-state index is 12.2. The van der Waals surface area contributed by atoms with Gasteiger partial charge in [0.2, 0.25) is 15.9 Å². The lowest BCUT2D eigenvalue weighted by atomic mass is 10.3. The van der Waals surface area contributed by atoms with Crippen molar-refractivity contribution in [2.45, 2.75) is 31.7 Å². The smallest absolute Gasteiger partial charge is 0.244 e. The van der Waals surface area contributed by atoms with E-state index < -0.39 is 16.1 Å². The van der Waals surface area contributed by atoms with Crippen LogP contribution in [-0.2, 0) is 14.8 Å². The summed E-state index contributed by atoms with van der Waals surface area (Å²) in [6, 6.07) is 1.96. The molecule has 3 N–H and O–H groups in total. The van der Waals surface area contributed by atoms with E-state index in [1.54, 1.807) is 4.90 Å². The van der Waals surface area contributed by atoms with Crippen LogP contribution < -0.4 is 10.5 Å². The molecule has 0 aromatic carbocycles. The number of carbonyl (C=O) groups excluding carboxylic acids is 1. The van der Waals surface area contributed by atoms with Crippen molar-refractivity contribution in [1.82, 2.24) is 14.6 Å². The number of amides is 1. The molecule has 0 saturated heterocycles. The minimum Gasteiger partial charge on any atom is -0.383 e. The van der Waals surface area contributed by atoms with E-state index in [0.29, 0.717) is 13.1 Å². The summed E-state index contributed by atoms with van der Waals surface area (Å²) in [4.78, 5) is 17.2. The number of anilines is 1. The number of aromatic nitrogens is 1. The molecule has 0 fully saturated rings. The molecular formula is C12H20N4O3S. The first-order chi connectivity index (χ1) is 9.33. The maximum atomic E-state index is 12.2. The summed E-state index contributed by atoms with van der Waals surface area (Å²) < 4.78 is 26.7. The van der Waals surface area contributed by atoms with Gasteiger partial charge in [-0.25, -0.2) is 13.4 Å². The molecule has 0 aliphatic heterocycles. The zero-order valence-electron chi connectivity index (χ0n) is 11.8. The zero-order chi connectivity index (χ0) is 15.3. The Hall–Kier alpha value is -1.67. The minimum absolute atomic E-state index is 0.0949. The van der Waals surface area contributed by atoms with E-state index in [4.69, 9.17) is 5.73 Å².